The highest BCUT2D eigenvalue weighted by Gasteiger charge is 2.45. The van der Waals surface area contributed by atoms with Crippen LogP contribution in [0, 0.1) is 11.3 Å². The van der Waals surface area contributed by atoms with E-state index in [0.29, 0.717) is 0 Å². The molecule has 0 saturated heterocycles. The van der Waals surface area contributed by atoms with Crippen LogP contribution in [0.15, 0.2) is 66.3 Å². The topological polar surface area (TPSA) is 80.2 Å². The van der Waals surface area contributed by atoms with Gasteiger partial charge in [-0.15, -0.1) is 0 Å². The normalized spacial score (nSPS) is 19.4. The van der Waals surface area contributed by atoms with Crippen LogP contribution in [0.5, 0.6) is 0 Å². The number of hydrogen-bond donors (Lipinski definition) is 2. The van der Waals surface area contributed by atoms with Crippen molar-refractivity contribution >= 4 is 11.6 Å². The highest BCUT2D eigenvalue weighted by atomic mass is 16.3. The Hall–Kier alpha value is -3.33. The van der Waals surface area contributed by atoms with Crippen molar-refractivity contribution in [1.29, 1.82) is 5.26 Å². The van der Waals surface area contributed by atoms with E-state index < -0.39 is 12.0 Å². The van der Waals surface area contributed by atoms with Gasteiger partial charge in [-0.05, 0) is 31.5 Å². The van der Waals surface area contributed by atoms with Gasteiger partial charge in [-0.1, -0.05) is 18.2 Å². The number of anilines is 1. The Morgan fingerprint density at radius 1 is 1.15 bits per heavy atom. The van der Waals surface area contributed by atoms with Gasteiger partial charge in [0, 0.05) is 30.9 Å². The Morgan fingerprint density at radius 3 is 2.33 bits per heavy atom. The zero-order valence-corrected chi connectivity index (χ0v) is 15.5. The van der Waals surface area contributed by atoms with E-state index >= 15 is 0 Å². The summed E-state index contributed by atoms with van der Waals surface area (Å²) in [6.07, 6.45) is 3.58. The van der Waals surface area contributed by atoms with E-state index in [2.05, 4.69) is 30.1 Å². The first kappa shape index (κ1) is 18.5. The molecule has 0 spiro atoms. The summed E-state index contributed by atoms with van der Waals surface area (Å²) in [6.45, 7) is 5.99. The summed E-state index contributed by atoms with van der Waals surface area (Å²) >= 11 is 0. The molecule has 6 heteroatoms. The highest BCUT2D eigenvalue weighted by molar-refractivity contribution is 5.84. The van der Waals surface area contributed by atoms with Gasteiger partial charge >= 0.3 is 0 Å². The Kier molecular flexibility index (Phi) is 5.41. The fraction of sp³-hybridized carbons (Fsp3) is 0.286. The number of aliphatic hydroxyl groups excluding tert-OH is 1. The summed E-state index contributed by atoms with van der Waals surface area (Å²) in [4.78, 5) is 14.9. The lowest BCUT2D eigenvalue weighted by Crippen LogP contribution is -2.53. The van der Waals surface area contributed by atoms with Crippen LogP contribution < -0.4 is 14.8 Å². The molecule has 6 nitrogen and oxygen atoms in total. The number of hydrogen-bond acceptors (Lipinski definition) is 4. The highest BCUT2D eigenvalue weighted by Crippen LogP contribution is 2.37. The molecule has 0 radical (unpaired) electrons. The van der Waals surface area contributed by atoms with Crippen molar-refractivity contribution in [2.45, 2.75) is 25.8 Å². The maximum atomic E-state index is 12.7. The molecule has 2 heterocycles. The Labute approximate surface area is 159 Å². The third kappa shape index (κ3) is 3.49. The molecular formula is C21H23N4O2+. The molecule has 0 unspecified atom stereocenters. The molecule has 2 aromatic rings. The number of benzene rings is 1. The van der Waals surface area contributed by atoms with Crippen molar-refractivity contribution in [3.8, 4) is 6.07 Å². The van der Waals surface area contributed by atoms with E-state index in [1.165, 1.54) is 0 Å². The summed E-state index contributed by atoms with van der Waals surface area (Å²) in [5.41, 5.74) is 2.05. The van der Waals surface area contributed by atoms with Crippen LogP contribution in [0.1, 0.15) is 31.4 Å². The average Bonchev–Trinajstić information content (AvgIpc) is 2.69. The number of aliphatic hydroxyl groups is 1. The number of allylic oxidation sites excluding steroid dienone is 1. The van der Waals surface area contributed by atoms with Crippen molar-refractivity contribution in [1.82, 2.24) is 5.32 Å². The molecular weight excluding hydrogens is 340 g/mol. The first-order valence-electron chi connectivity index (χ1n) is 9.05. The van der Waals surface area contributed by atoms with Crippen molar-refractivity contribution in [2.24, 2.45) is 0 Å². The predicted octanol–water partition coefficient (Wildman–Crippen LogP) is 2.57. The standard InChI is InChI=1S/C21H22N4O2/c1-3-24(4-2)16-10-8-15(9-11-16)18-17(14-22)20(26)23-21(27)19(18)25-12-6-5-7-13-25/h5-13,18-19H,3-4H2,1-2H3,(H-,23,26,27)/p+1/t18-,19-/m1/s1. The van der Waals surface area contributed by atoms with Crippen molar-refractivity contribution in [3.05, 3.63) is 71.9 Å². The number of aromatic nitrogens is 1. The predicted molar refractivity (Wildman–Crippen MR) is 102 cm³/mol. The number of nitrogens with zero attached hydrogens (tertiary/aromatic N) is 3. The van der Waals surface area contributed by atoms with E-state index in [4.69, 9.17) is 0 Å². The van der Waals surface area contributed by atoms with Gasteiger partial charge in [0.25, 0.3) is 5.91 Å². The van der Waals surface area contributed by atoms with Gasteiger partial charge in [-0.25, -0.2) is 0 Å². The SMILES string of the molecule is CCN(CC)c1ccc([C@@H]2C(C#N)=C(O)NC(=O)[C@@H]2[n+]2ccccc2)cc1. The number of carbonyl (C=O) groups is 1. The van der Waals surface area contributed by atoms with Gasteiger partial charge in [-0.3, -0.25) is 10.1 Å². The van der Waals surface area contributed by atoms with Gasteiger partial charge in [0.05, 0.1) is 5.92 Å². The molecule has 2 atom stereocenters. The summed E-state index contributed by atoms with van der Waals surface area (Å²) in [5.74, 6) is -1.28. The number of amides is 1. The van der Waals surface area contributed by atoms with Crippen LogP contribution in [-0.4, -0.2) is 24.1 Å². The molecule has 27 heavy (non-hydrogen) atoms. The largest absolute Gasteiger partial charge is 0.494 e. The Bertz CT molecular complexity index is 881. The summed E-state index contributed by atoms with van der Waals surface area (Å²) < 4.78 is 1.77. The fourth-order valence-corrected chi connectivity index (χ4v) is 3.57. The fourth-order valence-electron chi connectivity index (χ4n) is 3.57. The molecule has 1 amide bonds. The van der Waals surface area contributed by atoms with Crippen LogP contribution in [-0.2, 0) is 4.79 Å². The summed E-state index contributed by atoms with van der Waals surface area (Å²) in [5, 5.41) is 22.2. The van der Waals surface area contributed by atoms with E-state index in [1.54, 1.807) is 17.0 Å². The zero-order valence-electron chi connectivity index (χ0n) is 15.5. The quantitative estimate of drug-likeness (QED) is 0.800. The summed E-state index contributed by atoms with van der Waals surface area (Å²) in [6, 6.07) is 14.8. The van der Waals surface area contributed by atoms with Crippen LogP contribution in [0.3, 0.4) is 0 Å². The number of nitriles is 1. The first-order valence-corrected chi connectivity index (χ1v) is 9.05. The molecule has 0 fully saturated rings. The van der Waals surface area contributed by atoms with E-state index in [0.717, 1.165) is 24.3 Å². The zero-order chi connectivity index (χ0) is 19.4. The Morgan fingerprint density at radius 2 is 1.78 bits per heavy atom. The van der Waals surface area contributed by atoms with Gasteiger partial charge < -0.3 is 10.0 Å². The van der Waals surface area contributed by atoms with Gasteiger partial charge in [-0.2, -0.15) is 9.83 Å². The molecule has 3 rings (SSSR count). The van der Waals surface area contributed by atoms with Crippen LogP contribution >= 0.6 is 0 Å². The van der Waals surface area contributed by atoms with E-state index in [-0.39, 0.29) is 17.4 Å². The minimum absolute atomic E-state index is 0.159. The maximum absolute atomic E-state index is 12.7. The lowest BCUT2D eigenvalue weighted by molar-refractivity contribution is -0.711. The maximum Gasteiger partial charge on any atom is 0.296 e. The smallest absolute Gasteiger partial charge is 0.296 e. The van der Waals surface area contributed by atoms with Gasteiger partial charge in [0.15, 0.2) is 12.4 Å². The molecule has 2 N–H and O–H groups in total. The van der Waals surface area contributed by atoms with Crippen LogP contribution in [0.4, 0.5) is 5.69 Å². The third-order valence-electron chi connectivity index (χ3n) is 4.95. The van der Waals surface area contributed by atoms with Crippen LogP contribution in [0.2, 0.25) is 0 Å². The number of rotatable bonds is 5. The molecule has 0 bridgehead atoms. The van der Waals surface area contributed by atoms with Crippen molar-refractivity contribution in [2.75, 3.05) is 18.0 Å². The molecule has 0 saturated carbocycles. The lowest BCUT2D eigenvalue weighted by atomic mass is 9.82. The van der Waals surface area contributed by atoms with E-state index in [1.807, 2.05) is 42.5 Å². The minimum atomic E-state index is -0.656. The monoisotopic (exact) mass is 363 g/mol. The molecule has 1 aromatic heterocycles. The van der Waals surface area contributed by atoms with Crippen molar-refractivity contribution < 1.29 is 14.5 Å². The third-order valence-corrected chi connectivity index (χ3v) is 4.95. The van der Waals surface area contributed by atoms with Gasteiger partial charge in [0.2, 0.25) is 11.9 Å². The lowest BCUT2D eigenvalue weighted by Gasteiger charge is -2.28. The van der Waals surface area contributed by atoms with Crippen molar-refractivity contribution in [3.63, 3.8) is 0 Å². The molecule has 1 aromatic carbocycles. The van der Waals surface area contributed by atoms with Gasteiger partial charge in [0.1, 0.15) is 11.6 Å². The Balaban J connectivity index is 2.08. The molecule has 138 valence electrons. The number of nitrogens with one attached hydrogen (secondary N) is 1. The number of carbonyl (C=O) groups excluding carboxylic acids is 1. The molecule has 0 aliphatic carbocycles. The van der Waals surface area contributed by atoms with Crippen LogP contribution in [0.25, 0.3) is 0 Å². The molecule has 1 aliphatic rings. The summed E-state index contributed by atoms with van der Waals surface area (Å²) in [7, 11) is 0. The first-order chi connectivity index (χ1) is 13.1. The molecule has 1 aliphatic heterocycles. The second kappa shape index (κ2) is 7.92. The van der Waals surface area contributed by atoms with E-state index in [9.17, 15) is 15.2 Å². The average molecular weight is 363 g/mol. The minimum Gasteiger partial charge on any atom is -0.494 e. The second-order valence-corrected chi connectivity index (χ2v) is 6.37. The second-order valence-electron chi connectivity index (χ2n) is 6.37. The number of pyridine rings is 1.